The average molecular weight is 254 g/mol. The minimum absolute atomic E-state index is 0.0561. The van der Waals surface area contributed by atoms with Crippen molar-refractivity contribution in [3.63, 3.8) is 0 Å². The second-order valence-corrected chi connectivity index (χ2v) is 4.01. The maximum atomic E-state index is 11.8. The van der Waals surface area contributed by atoms with Crippen LogP contribution in [0, 0.1) is 0 Å². The Hall–Kier alpha value is -2.62. The summed E-state index contributed by atoms with van der Waals surface area (Å²) in [6.45, 7) is 0.112. The van der Waals surface area contributed by atoms with E-state index in [2.05, 4.69) is 5.32 Å². The summed E-state index contributed by atoms with van der Waals surface area (Å²) in [6.07, 6.45) is 0. The van der Waals surface area contributed by atoms with E-state index in [4.69, 9.17) is 0 Å². The number of aromatic carboxylic acids is 1. The Bertz CT molecular complexity index is 593. The summed E-state index contributed by atoms with van der Waals surface area (Å²) in [5.41, 5.74) is 1.27. The molecule has 0 aliphatic heterocycles. The molecule has 2 aromatic carbocycles. The molecule has 0 atom stereocenters. The van der Waals surface area contributed by atoms with Crippen molar-refractivity contribution in [2.45, 2.75) is 0 Å². The molecule has 0 unspecified atom stereocenters. The third-order valence-electron chi connectivity index (χ3n) is 2.65. The predicted octanol–water partition coefficient (Wildman–Crippen LogP) is 1.34. The van der Waals surface area contributed by atoms with Gasteiger partial charge in [0.05, 0.1) is 12.5 Å². The third kappa shape index (κ3) is 3.42. The highest BCUT2D eigenvalue weighted by Gasteiger charge is 2.04. The first-order valence-corrected chi connectivity index (χ1v) is 5.80. The van der Waals surface area contributed by atoms with Crippen LogP contribution in [0.4, 0.5) is 5.69 Å². The number of carboxylic acid groups (broad SMARTS) is 1. The molecule has 0 saturated heterocycles. The molecular weight excluding hydrogens is 242 g/mol. The first-order chi connectivity index (χ1) is 9.16. The van der Waals surface area contributed by atoms with Crippen LogP contribution >= 0.6 is 0 Å². The van der Waals surface area contributed by atoms with E-state index >= 15 is 0 Å². The van der Waals surface area contributed by atoms with Crippen LogP contribution in [0.1, 0.15) is 20.7 Å². The van der Waals surface area contributed by atoms with E-state index in [0.29, 0.717) is 11.3 Å². The van der Waals surface area contributed by atoms with Crippen molar-refractivity contribution in [1.29, 1.82) is 0 Å². The maximum Gasteiger partial charge on any atom is 0.181 e. The molecule has 4 heteroatoms. The van der Waals surface area contributed by atoms with Crippen molar-refractivity contribution in [2.24, 2.45) is 0 Å². The maximum absolute atomic E-state index is 11.8. The number of benzene rings is 2. The molecule has 0 bridgehead atoms. The van der Waals surface area contributed by atoms with Crippen LogP contribution in [0.3, 0.4) is 0 Å². The molecule has 0 saturated carbocycles. The Morgan fingerprint density at radius 3 is 2.32 bits per heavy atom. The first-order valence-electron chi connectivity index (χ1n) is 5.80. The van der Waals surface area contributed by atoms with Crippen molar-refractivity contribution >= 4 is 17.4 Å². The van der Waals surface area contributed by atoms with Gasteiger partial charge >= 0.3 is 0 Å². The van der Waals surface area contributed by atoms with Gasteiger partial charge in [0.15, 0.2) is 5.78 Å². The van der Waals surface area contributed by atoms with Crippen LogP contribution < -0.4 is 10.4 Å². The number of nitrogens with one attached hydrogen (secondary N) is 1. The quantitative estimate of drug-likeness (QED) is 0.817. The Labute approximate surface area is 110 Å². The number of hydrogen-bond acceptors (Lipinski definition) is 4. The molecule has 0 aliphatic rings. The molecule has 1 N–H and O–H groups in total. The van der Waals surface area contributed by atoms with E-state index < -0.39 is 5.97 Å². The Balaban J connectivity index is 2.01. The zero-order chi connectivity index (χ0) is 13.7. The highest BCUT2D eigenvalue weighted by Crippen LogP contribution is 2.10. The molecule has 0 heterocycles. The van der Waals surface area contributed by atoms with Crippen LogP contribution in [0.25, 0.3) is 0 Å². The second-order valence-electron chi connectivity index (χ2n) is 4.01. The SMILES string of the molecule is O=C([O-])c1cccc(NCC(=O)c2ccccc2)c1. The van der Waals surface area contributed by atoms with Crippen LogP contribution in [0.2, 0.25) is 0 Å². The lowest BCUT2D eigenvalue weighted by molar-refractivity contribution is -0.255. The standard InChI is InChI=1S/C15H13NO3/c17-14(11-5-2-1-3-6-11)10-16-13-8-4-7-12(9-13)15(18)19/h1-9,16H,10H2,(H,18,19)/p-1. The Morgan fingerprint density at radius 1 is 0.947 bits per heavy atom. The molecule has 2 rings (SSSR count). The summed E-state index contributed by atoms with van der Waals surface area (Å²) in [5.74, 6) is -1.29. The number of anilines is 1. The lowest BCUT2D eigenvalue weighted by atomic mass is 10.1. The molecule has 0 fully saturated rings. The van der Waals surface area contributed by atoms with Crippen molar-refractivity contribution in [3.8, 4) is 0 Å². The van der Waals surface area contributed by atoms with E-state index in [1.54, 1.807) is 36.4 Å². The lowest BCUT2D eigenvalue weighted by Crippen LogP contribution is -2.22. The van der Waals surface area contributed by atoms with Gasteiger partial charge in [-0.2, -0.15) is 0 Å². The van der Waals surface area contributed by atoms with E-state index in [1.807, 2.05) is 6.07 Å². The number of Topliss-reactive ketones (excluding diaryl/α,β-unsaturated/α-hetero) is 1. The Morgan fingerprint density at radius 2 is 1.63 bits per heavy atom. The molecule has 0 radical (unpaired) electrons. The van der Waals surface area contributed by atoms with Crippen LogP contribution in [0.5, 0.6) is 0 Å². The van der Waals surface area contributed by atoms with Crippen LogP contribution in [0.15, 0.2) is 54.6 Å². The third-order valence-corrected chi connectivity index (χ3v) is 2.65. The minimum atomic E-state index is -1.24. The first kappa shape index (κ1) is 12.8. The summed E-state index contributed by atoms with van der Waals surface area (Å²) >= 11 is 0. The summed E-state index contributed by atoms with van der Waals surface area (Å²) in [4.78, 5) is 22.6. The number of hydrogen-bond donors (Lipinski definition) is 1. The van der Waals surface area contributed by atoms with Crippen molar-refractivity contribution < 1.29 is 14.7 Å². The van der Waals surface area contributed by atoms with Crippen LogP contribution in [-0.2, 0) is 0 Å². The minimum Gasteiger partial charge on any atom is -0.545 e. The van der Waals surface area contributed by atoms with Crippen LogP contribution in [-0.4, -0.2) is 18.3 Å². The van der Waals surface area contributed by atoms with E-state index in [-0.39, 0.29) is 17.9 Å². The molecule has 0 aromatic heterocycles. The van der Waals surface area contributed by atoms with Gasteiger partial charge in [-0.15, -0.1) is 0 Å². The van der Waals surface area contributed by atoms with E-state index in [0.717, 1.165) is 0 Å². The molecule has 0 spiro atoms. The normalized spacial score (nSPS) is 9.89. The largest absolute Gasteiger partial charge is 0.545 e. The lowest BCUT2D eigenvalue weighted by Gasteiger charge is -2.08. The summed E-state index contributed by atoms with van der Waals surface area (Å²) in [6, 6.07) is 15.1. The Kier molecular flexibility index (Phi) is 3.93. The molecule has 0 aliphatic carbocycles. The summed E-state index contributed by atoms with van der Waals surface area (Å²) < 4.78 is 0. The smallest absolute Gasteiger partial charge is 0.181 e. The van der Waals surface area contributed by atoms with E-state index in [9.17, 15) is 14.7 Å². The van der Waals surface area contributed by atoms with Gasteiger partial charge in [0, 0.05) is 11.3 Å². The molecule has 96 valence electrons. The fourth-order valence-corrected chi connectivity index (χ4v) is 1.66. The predicted molar refractivity (Wildman–Crippen MR) is 70.0 cm³/mol. The van der Waals surface area contributed by atoms with Gasteiger partial charge < -0.3 is 15.2 Å². The number of carboxylic acids is 1. The zero-order valence-corrected chi connectivity index (χ0v) is 10.1. The number of rotatable bonds is 5. The van der Waals surface area contributed by atoms with Gasteiger partial charge in [0.2, 0.25) is 0 Å². The molecular formula is C15H12NO3-. The molecule has 19 heavy (non-hydrogen) atoms. The van der Waals surface area contributed by atoms with Crippen molar-refractivity contribution in [3.05, 3.63) is 65.7 Å². The fraction of sp³-hybridized carbons (Fsp3) is 0.0667. The summed E-state index contributed by atoms with van der Waals surface area (Å²) in [7, 11) is 0. The van der Waals surface area contributed by atoms with Gasteiger partial charge in [0.25, 0.3) is 0 Å². The van der Waals surface area contributed by atoms with Gasteiger partial charge in [-0.3, -0.25) is 4.79 Å². The highest BCUT2D eigenvalue weighted by molar-refractivity contribution is 5.99. The zero-order valence-electron chi connectivity index (χ0n) is 10.1. The van der Waals surface area contributed by atoms with Gasteiger partial charge in [0.1, 0.15) is 0 Å². The topological polar surface area (TPSA) is 69.2 Å². The van der Waals surface area contributed by atoms with Crippen molar-refractivity contribution in [2.75, 3.05) is 11.9 Å². The molecule has 2 aromatic rings. The van der Waals surface area contributed by atoms with Crippen molar-refractivity contribution in [1.82, 2.24) is 0 Å². The highest BCUT2D eigenvalue weighted by atomic mass is 16.4. The average Bonchev–Trinajstić information content (AvgIpc) is 2.46. The number of carbonyl (C=O) groups is 2. The molecule has 4 nitrogen and oxygen atoms in total. The van der Waals surface area contributed by atoms with Gasteiger partial charge in [-0.05, 0) is 17.7 Å². The molecule has 0 amide bonds. The summed E-state index contributed by atoms with van der Waals surface area (Å²) in [5, 5.41) is 13.6. The van der Waals surface area contributed by atoms with Gasteiger partial charge in [-0.1, -0.05) is 42.5 Å². The monoisotopic (exact) mass is 254 g/mol. The number of ketones is 1. The van der Waals surface area contributed by atoms with E-state index in [1.165, 1.54) is 12.1 Å². The fourth-order valence-electron chi connectivity index (χ4n) is 1.66. The number of carbonyl (C=O) groups excluding carboxylic acids is 2. The second kappa shape index (κ2) is 5.82. The van der Waals surface area contributed by atoms with Gasteiger partial charge in [-0.25, -0.2) is 0 Å².